The summed E-state index contributed by atoms with van der Waals surface area (Å²) < 4.78 is 0. The van der Waals surface area contributed by atoms with E-state index in [-0.39, 0.29) is 11.3 Å². The summed E-state index contributed by atoms with van der Waals surface area (Å²) >= 11 is 0. The maximum Gasteiger partial charge on any atom is 0.253 e. The van der Waals surface area contributed by atoms with Gasteiger partial charge in [0.15, 0.2) is 0 Å². The average molecular weight is 234 g/mol. The predicted molar refractivity (Wildman–Crippen MR) is 69.6 cm³/mol. The molecule has 0 radical (unpaired) electrons. The van der Waals surface area contributed by atoms with Gasteiger partial charge in [-0.3, -0.25) is 4.79 Å². The van der Waals surface area contributed by atoms with E-state index in [1.54, 1.807) is 0 Å². The van der Waals surface area contributed by atoms with Crippen molar-refractivity contribution in [2.75, 3.05) is 26.2 Å². The Morgan fingerprint density at radius 2 is 2.06 bits per heavy atom. The van der Waals surface area contributed by atoms with Crippen LogP contribution in [-0.2, 0) is 4.79 Å². The monoisotopic (exact) mass is 234 g/mol. The molecule has 0 aromatic rings. The van der Waals surface area contributed by atoms with E-state index in [4.69, 9.17) is 0 Å². The molecule has 1 N–H and O–H groups in total. The predicted octanol–water partition coefficient (Wildman–Crippen LogP) is 1.58. The summed E-state index contributed by atoms with van der Waals surface area (Å²) in [6.45, 7) is 10.0. The molecule has 1 fully saturated rings. The Hall–Kier alpha value is -1.09. The summed E-state index contributed by atoms with van der Waals surface area (Å²) in [7, 11) is 0. The lowest BCUT2D eigenvalue weighted by Crippen LogP contribution is -2.47. The van der Waals surface area contributed by atoms with Crippen LogP contribution in [0.4, 0.5) is 0 Å². The fourth-order valence-electron chi connectivity index (χ4n) is 2.26. The molecule has 1 saturated heterocycles. The maximum absolute atomic E-state index is 12.3. The van der Waals surface area contributed by atoms with Crippen molar-refractivity contribution < 1.29 is 4.79 Å². The Kier molecular flexibility index (Phi) is 3.38. The first kappa shape index (κ1) is 12.4. The zero-order valence-electron chi connectivity index (χ0n) is 11.0. The minimum atomic E-state index is 0.0772. The SMILES string of the molecule is CC1C=CC(C(=O)N2CCNCC2)=CC1(C)C. The molecule has 3 heteroatoms. The quantitative estimate of drug-likeness (QED) is 0.747. The molecule has 0 bridgehead atoms. The van der Waals surface area contributed by atoms with E-state index in [1.165, 1.54) is 0 Å². The van der Waals surface area contributed by atoms with E-state index < -0.39 is 0 Å². The second kappa shape index (κ2) is 4.65. The number of carbonyl (C=O) groups is 1. The van der Waals surface area contributed by atoms with E-state index in [0.717, 1.165) is 31.8 Å². The second-order valence-corrected chi connectivity index (χ2v) is 5.61. The van der Waals surface area contributed by atoms with Crippen molar-refractivity contribution in [3.63, 3.8) is 0 Å². The van der Waals surface area contributed by atoms with Gasteiger partial charge in [-0.2, -0.15) is 0 Å². The number of hydrogen-bond donors (Lipinski definition) is 1. The van der Waals surface area contributed by atoms with E-state index in [1.807, 2.05) is 11.0 Å². The molecule has 94 valence electrons. The summed E-state index contributed by atoms with van der Waals surface area (Å²) in [5, 5.41) is 3.26. The maximum atomic E-state index is 12.3. The fourth-order valence-corrected chi connectivity index (χ4v) is 2.26. The van der Waals surface area contributed by atoms with Gasteiger partial charge in [0, 0.05) is 31.8 Å². The summed E-state index contributed by atoms with van der Waals surface area (Å²) in [5.74, 6) is 0.671. The highest BCUT2D eigenvalue weighted by atomic mass is 16.2. The van der Waals surface area contributed by atoms with Gasteiger partial charge in [-0.25, -0.2) is 0 Å². The van der Waals surface area contributed by atoms with Crippen LogP contribution in [0, 0.1) is 11.3 Å². The Balaban J connectivity index is 2.12. The Labute approximate surface area is 104 Å². The number of rotatable bonds is 1. The van der Waals surface area contributed by atoms with Crippen LogP contribution in [0.15, 0.2) is 23.8 Å². The van der Waals surface area contributed by atoms with Gasteiger partial charge in [0.2, 0.25) is 0 Å². The van der Waals surface area contributed by atoms with Crippen LogP contribution in [-0.4, -0.2) is 37.0 Å². The highest BCUT2D eigenvalue weighted by molar-refractivity contribution is 5.96. The van der Waals surface area contributed by atoms with Crippen LogP contribution in [0.2, 0.25) is 0 Å². The van der Waals surface area contributed by atoms with Crippen molar-refractivity contribution in [3.05, 3.63) is 23.8 Å². The van der Waals surface area contributed by atoms with Crippen molar-refractivity contribution >= 4 is 5.91 Å². The molecule has 2 aliphatic rings. The van der Waals surface area contributed by atoms with Gasteiger partial charge >= 0.3 is 0 Å². The van der Waals surface area contributed by atoms with E-state index in [2.05, 4.69) is 38.2 Å². The van der Waals surface area contributed by atoms with Crippen LogP contribution in [0.5, 0.6) is 0 Å². The molecule has 2 rings (SSSR count). The van der Waals surface area contributed by atoms with Crippen molar-refractivity contribution in [3.8, 4) is 0 Å². The smallest absolute Gasteiger partial charge is 0.253 e. The largest absolute Gasteiger partial charge is 0.336 e. The number of hydrogen-bond acceptors (Lipinski definition) is 2. The zero-order chi connectivity index (χ0) is 12.5. The molecule has 0 saturated carbocycles. The number of nitrogens with one attached hydrogen (secondary N) is 1. The van der Waals surface area contributed by atoms with Crippen molar-refractivity contribution in [2.45, 2.75) is 20.8 Å². The van der Waals surface area contributed by atoms with Crippen LogP contribution >= 0.6 is 0 Å². The number of amides is 1. The van der Waals surface area contributed by atoms with Crippen molar-refractivity contribution in [1.29, 1.82) is 0 Å². The lowest BCUT2D eigenvalue weighted by atomic mass is 9.75. The molecule has 1 amide bonds. The molecule has 1 heterocycles. The third-order valence-electron chi connectivity index (χ3n) is 3.92. The number of allylic oxidation sites excluding steroid dienone is 2. The van der Waals surface area contributed by atoms with Crippen molar-refractivity contribution in [2.24, 2.45) is 11.3 Å². The van der Waals surface area contributed by atoms with Gasteiger partial charge in [-0.1, -0.05) is 39.0 Å². The first-order valence-electron chi connectivity index (χ1n) is 6.42. The van der Waals surface area contributed by atoms with Crippen LogP contribution in [0.25, 0.3) is 0 Å². The molecule has 3 nitrogen and oxygen atoms in total. The van der Waals surface area contributed by atoms with E-state index in [9.17, 15) is 4.79 Å². The minimum absolute atomic E-state index is 0.0772. The molecule has 1 aliphatic heterocycles. The lowest BCUT2D eigenvalue weighted by Gasteiger charge is -2.33. The Bertz CT molecular complexity index is 362. The molecule has 0 spiro atoms. The molecule has 17 heavy (non-hydrogen) atoms. The third kappa shape index (κ3) is 2.60. The Morgan fingerprint density at radius 1 is 1.41 bits per heavy atom. The van der Waals surface area contributed by atoms with Gasteiger partial charge in [-0.15, -0.1) is 0 Å². The highest BCUT2D eigenvalue weighted by Gasteiger charge is 2.28. The van der Waals surface area contributed by atoms with E-state index >= 15 is 0 Å². The average Bonchev–Trinajstić information content (AvgIpc) is 2.33. The third-order valence-corrected chi connectivity index (χ3v) is 3.92. The molecule has 1 aliphatic carbocycles. The molecule has 1 atom stereocenters. The summed E-state index contributed by atoms with van der Waals surface area (Å²) in [6, 6.07) is 0. The topological polar surface area (TPSA) is 32.3 Å². The summed E-state index contributed by atoms with van der Waals surface area (Å²) in [6.07, 6.45) is 6.26. The van der Waals surface area contributed by atoms with Crippen molar-refractivity contribution in [1.82, 2.24) is 10.2 Å². The van der Waals surface area contributed by atoms with E-state index in [0.29, 0.717) is 5.92 Å². The number of carbonyl (C=O) groups excluding carboxylic acids is 1. The number of piperazine rings is 1. The van der Waals surface area contributed by atoms with Gasteiger partial charge < -0.3 is 10.2 Å². The molecule has 0 aromatic carbocycles. The summed E-state index contributed by atoms with van der Waals surface area (Å²) in [5.41, 5.74) is 0.934. The van der Waals surface area contributed by atoms with Gasteiger partial charge in [0.25, 0.3) is 5.91 Å². The fraction of sp³-hybridized carbons (Fsp3) is 0.643. The lowest BCUT2D eigenvalue weighted by molar-refractivity contribution is -0.127. The Morgan fingerprint density at radius 3 is 2.65 bits per heavy atom. The van der Waals surface area contributed by atoms with Crippen LogP contribution in [0.1, 0.15) is 20.8 Å². The van der Waals surface area contributed by atoms with Crippen LogP contribution in [0.3, 0.4) is 0 Å². The van der Waals surface area contributed by atoms with Crippen LogP contribution < -0.4 is 5.32 Å². The number of nitrogens with zero attached hydrogens (tertiary/aromatic N) is 1. The summed E-state index contributed by atoms with van der Waals surface area (Å²) in [4.78, 5) is 14.3. The molecular weight excluding hydrogens is 212 g/mol. The zero-order valence-corrected chi connectivity index (χ0v) is 11.0. The normalized spacial score (nSPS) is 27.8. The molecular formula is C14H22N2O. The van der Waals surface area contributed by atoms with Gasteiger partial charge in [0.1, 0.15) is 0 Å². The van der Waals surface area contributed by atoms with Gasteiger partial charge in [0.05, 0.1) is 0 Å². The van der Waals surface area contributed by atoms with Gasteiger partial charge in [-0.05, 0) is 11.3 Å². The standard InChI is InChI=1S/C14H22N2O/c1-11-4-5-12(10-14(11,2)3)13(17)16-8-6-15-7-9-16/h4-5,10-11,15H,6-9H2,1-3H3. The highest BCUT2D eigenvalue weighted by Crippen LogP contribution is 2.34. The minimum Gasteiger partial charge on any atom is -0.336 e. The molecule has 1 unspecified atom stereocenters. The molecule has 0 aromatic heterocycles. The first-order chi connectivity index (χ1) is 8.00. The first-order valence-corrected chi connectivity index (χ1v) is 6.42. The second-order valence-electron chi connectivity index (χ2n) is 5.61.